The first-order valence-electron chi connectivity index (χ1n) is 10.9. The van der Waals surface area contributed by atoms with Gasteiger partial charge in [-0.1, -0.05) is 18.2 Å². The number of benzene rings is 1. The molecular formula is C22H37IN4O2S. The third kappa shape index (κ3) is 8.43. The van der Waals surface area contributed by atoms with E-state index in [9.17, 15) is 0 Å². The summed E-state index contributed by atoms with van der Waals surface area (Å²) in [6.45, 7) is 12.1. The number of hydrogen-bond acceptors (Lipinski definition) is 5. The van der Waals surface area contributed by atoms with Gasteiger partial charge < -0.3 is 20.1 Å². The summed E-state index contributed by atoms with van der Waals surface area (Å²) in [7, 11) is 0. The third-order valence-electron chi connectivity index (χ3n) is 5.42. The lowest BCUT2D eigenvalue weighted by atomic mass is 10.1. The number of para-hydroxylation sites is 1. The highest BCUT2D eigenvalue weighted by Gasteiger charge is 2.29. The van der Waals surface area contributed by atoms with Gasteiger partial charge in [0.2, 0.25) is 0 Å². The van der Waals surface area contributed by atoms with Crippen LogP contribution in [-0.2, 0) is 11.3 Å². The molecule has 30 heavy (non-hydrogen) atoms. The Labute approximate surface area is 203 Å². The molecule has 2 fully saturated rings. The largest absolute Gasteiger partial charge is 0.492 e. The average molecular weight is 549 g/mol. The average Bonchev–Trinajstić information content (AvgIpc) is 3.18. The van der Waals surface area contributed by atoms with Crippen molar-refractivity contribution in [2.24, 2.45) is 4.99 Å². The van der Waals surface area contributed by atoms with Crippen LogP contribution in [0.3, 0.4) is 0 Å². The van der Waals surface area contributed by atoms with Crippen molar-refractivity contribution in [2.45, 2.75) is 38.0 Å². The summed E-state index contributed by atoms with van der Waals surface area (Å²) < 4.78 is 11.8. The van der Waals surface area contributed by atoms with Crippen LogP contribution in [0.25, 0.3) is 0 Å². The van der Waals surface area contributed by atoms with Crippen LogP contribution < -0.4 is 15.4 Å². The van der Waals surface area contributed by atoms with E-state index >= 15 is 0 Å². The molecule has 0 aliphatic carbocycles. The summed E-state index contributed by atoms with van der Waals surface area (Å²) >= 11 is 2.07. The zero-order chi connectivity index (χ0) is 20.4. The molecule has 1 aromatic rings. The third-order valence-corrected chi connectivity index (χ3v) is 6.96. The van der Waals surface area contributed by atoms with E-state index in [1.54, 1.807) is 0 Å². The molecule has 0 spiro atoms. The number of rotatable bonds is 9. The zero-order valence-corrected chi connectivity index (χ0v) is 21.5. The Bertz CT molecular complexity index is 650. The fourth-order valence-electron chi connectivity index (χ4n) is 3.64. The summed E-state index contributed by atoms with van der Waals surface area (Å²) in [4.78, 5) is 7.20. The highest BCUT2D eigenvalue weighted by atomic mass is 127. The number of thioether (sulfide) groups is 1. The molecule has 0 bridgehead atoms. The van der Waals surface area contributed by atoms with Crippen molar-refractivity contribution in [1.82, 2.24) is 15.5 Å². The standard InChI is InChI=1S/C22H36N4O2S.HI/c1-3-23-21(25-18-22(2)9-6-16-29-22)24-17-19-7-4-5-8-20(19)28-15-12-26-10-13-27-14-11-26;/h4-5,7-8H,3,6,9-18H2,1-2H3,(H2,23,24,25);1H. The van der Waals surface area contributed by atoms with Crippen LogP contribution >= 0.6 is 35.7 Å². The molecule has 2 saturated heterocycles. The second kappa shape index (κ2) is 13.6. The quantitative estimate of drug-likeness (QED) is 0.281. The molecule has 0 aromatic heterocycles. The molecule has 2 heterocycles. The first-order chi connectivity index (χ1) is 14.2. The lowest BCUT2D eigenvalue weighted by Gasteiger charge is -2.26. The van der Waals surface area contributed by atoms with Crippen molar-refractivity contribution in [3.05, 3.63) is 29.8 Å². The van der Waals surface area contributed by atoms with Gasteiger partial charge in [0, 0.05) is 43.0 Å². The number of ether oxygens (including phenoxy) is 2. The molecule has 2 N–H and O–H groups in total. The van der Waals surface area contributed by atoms with E-state index in [0.29, 0.717) is 17.9 Å². The predicted octanol–water partition coefficient (Wildman–Crippen LogP) is 3.36. The van der Waals surface area contributed by atoms with Crippen molar-refractivity contribution >= 4 is 41.7 Å². The lowest BCUT2D eigenvalue weighted by Crippen LogP contribution is -2.43. The highest BCUT2D eigenvalue weighted by molar-refractivity contribution is 14.0. The Hall–Kier alpha value is -0.710. The highest BCUT2D eigenvalue weighted by Crippen LogP contribution is 2.36. The number of morpholine rings is 1. The van der Waals surface area contributed by atoms with Gasteiger partial charge in [-0.05, 0) is 38.5 Å². The maximum absolute atomic E-state index is 6.09. The van der Waals surface area contributed by atoms with Gasteiger partial charge in [0.25, 0.3) is 0 Å². The Morgan fingerprint density at radius 2 is 2.07 bits per heavy atom. The number of nitrogens with one attached hydrogen (secondary N) is 2. The maximum atomic E-state index is 6.09. The zero-order valence-electron chi connectivity index (χ0n) is 18.3. The lowest BCUT2D eigenvalue weighted by molar-refractivity contribution is 0.0322. The first-order valence-corrected chi connectivity index (χ1v) is 11.8. The van der Waals surface area contributed by atoms with Gasteiger partial charge in [0.1, 0.15) is 12.4 Å². The summed E-state index contributed by atoms with van der Waals surface area (Å²) in [6.07, 6.45) is 2.58. The van der Waals surface area contributed by atoms with Crippen LogP contribution in [0.2, 0.25) is 0 Å². The monoisotopic (exact) mass is 548 g/mol. The maximum Gasteiger partial charge on any atom is 0.191 e. The van der Waals surface area contributed by atoms with Crippen molar-refractivity contribution in [3.8, 4) is 5.75 Å². The molecule has 1 aromatic carbocycles. The van der Waals surface area contributed by atoms with Crippen molar-refractivity contribution < 1.29 is 9.47 Å². The molecule has 1 atom stereocenters. The number of guanidine groups is 1. The normalized spacial score (nSPS) is 22.4. The number of hydrogen-bond donors (Lipinski definition) is 2. The van der Waals surface area contributed by atoms with Crippen LogP contribution in [0.5, 0.6) is 5.75 Å². The molecule has 0 radical (unpaired) electrons. The van der Waals surface area contributed by atoms with Gasteiger partial charge in [-0.15, -0.1) is 24.0 Å². The van der Waals surface area contributed by atoms with Gasteiger partial charge in [0.05, 0.1) is 19.8 Å². The van der Waals surface area contributed by atoms with Gasteiger partial charge in [-0.25, -0.2) is 4.99 Å². The van der Waals surface area contributed by atoms with Crippen LogP contribution in [0.1, 0.15) is 32.3 Å². The molecule has 2 aliphatic rings. The summed E-state index contributed by atoms with van der Waals surface area (Å²) in [6, 6.07) is 8.22. The van der Waals surface area contributed by atoms with E-state index < -0.39 is 0 Å². The van der Waals surface area contributed by atoms with Gasteiger partial charge in [-0.2, -0.15) is 11.8 Å². The topological polar surface area (TPSA) is 58.1 Å². The molecule has 170 valence electrons. The Kier molecular flexibility index (Phi) is 11.6. The first kappa shape index (κ1) is 25.5. The molecule has 1 unspecified atom stereocenters. The van der Waals surface area contributed by atoms with Gasteiger partial charge >= 0.3 is 0 Å². The molecular weight excluding hydrogens is 511 g/mol. The number of aliphatic imine (C=N–C) groups is 1. The number of halogens is 1. The minimum absolute atomic E-state index is 0. The van der Waals surface area contributed by atoms with E-state index in [4.69, 9.17) is 14.5 Å². The van der Waals surface area contributed by atoms with E-state index in [1.807, 2.05) is 12.1 Å². The summed E-state index contributed by atoms with van der Waals surface area (Å²) in [5.41, 5.74) is 1.12. The Morgan fingerprint density at radius 3 is 2.80 bits per heavy atom. The van der Waals surface area contributed by atoms with Crippen LogP contribution in [0.4, 0.5) is 0 Å². The Balaban J connectivity index is 0.00000320. The molecule has 2 aliphatic heterocycles. The van der Waals surface area contributed by atoms with E-state index in [2.05, 4.69) is 53.3 Å². The fourth-order valence-corrected chi connectivity index (χ4v) is 4.88. The van der Waals surface area contributed by atoms with Crippen molar-refractivity contribution in [2.75, 3.05) is 58.3 Å². The SMILES string of the molecule is CCNC(=NCc1ccccc1OCCN1CCOCC1)NCC1(C)CCCS1.I. The predicted molar refractivity (Wildman–Crippen MR) is 138 cm³/mol. The molecule has 0 saturated carbocycles. The number of nitrogens with zero attached hydrogens (tertiary/aromatic N) is 2. The molecule has 6 nitrogen and oxygen atoms in total. The van der Waals surface area contributed by atoms with Gasteiger partial charge in [0.15, 0.2) is 5.96 Å². The van der Waals surface area contributed by atoms with Gasteiger partial charge in [-0.3, -0.25) is 4.90 Å². The summed E-state index contributed by atoms with van der Waals surface area (Å²) in [5.74, 6) is 3.07. The fraction of sp³-hybridized carbons (Fsp3) is 0.682. The molecule has 8 heteroatoms. The smallest absolute Gasteiger partial charge is 0.191 e. The van der Waals surface area contributed by atoms with E-state index in [0.717, 1.165) is 63.2 Å². The minimum atomic E-state index is 0. The molecule has 0 amide bonds. The van der Waals surface area contributed by atoms with E-state index in [-0.39, 0.29) is 24.0 Å². The molecule has 3 rings (SSSR count). The van der Waals surface area contributed by atoms with Crippen molar-refractivity contribution in [3.63, 3.8) is 0 Å². The van der Waals surface area contributed by atoms with Crippen LogP contribution in [0, 0.1) is 0 Å². The van der Waals surface area contributed by atoms with Crippen LogP contribution in [0.15, 0.2) is 29.3 Å². The Morgan fingerprint density at radius 1 is 1.27 bits per heavy atom. The minimum Gasteiger partial charge on any atom is -0.492 e. The van der Waals surface area contributed by atoms with E-state index in [1.165, 1.54) is 18.6 Å². The summed E-state index contributed by atoms with van der Waals surface area (Å²) in [5, 5.41) is 6.91. The second-order valence-corrected chi connectivity index (χ2v) is 9.54. The van der Waals surface area contributed by atoms with Crippen molar-refractivity contribution in [1.29, 1.82) is 0 Å². The second-order valence-electron chi connectivity index (χ2n) is 7.86. The van der Waals surface area contributed by atoms with Crippen LogP contribution in [-0.4, -0.2) is 73.9 Å².